The molecule has 1 aliphatic heterocycles. The van der Waals surface area contributed by atoms with Crippen LogP contribution >= 0.6 is 0 Å². The lowest BCUT2D eigenvalue weighted by molar-refractivity contribution is -0.912. The SMILES string of the molecule is CC1(C)CN([O-])CC(C)(C)C1[N+](C)(C)C. The van der Waals surface area contributed by atoms with E-state index in [1.54, 1.807) is 0 Å². The van der Waals surface area contributed by atoms with E-state index in [2.05, 4.69) is 48.8 Å². The molecule has 0 aliphatic carbocycles. The van der Waals surface area contributed by atoms with E-state index in [9.17, 15) is 5.21 Å². The predicted octanol–water partition coefficient (Wildman–Crippen LogP) is 1.93. The Bertz CT molecular complexity index is 222. The van der Waals surface area contributed by atoms with Gasteiger partial charge in [0.2, 0.25) is 0 Å². The highest BCUT2D eigenvalue weighted by molar-refractivity contribution is 4.98. The minimum absolute atomic E-state index is 0.0712. The van der Waals surface area contributed by atoms with Gasteiger partial charge in [-0.25, -0.2) is 0 Å². The fraction of sp³-hybridized carbons (Fsp3) is 1.00. The van der Waals surface area contributed by atoms with E-state index < -0.39 is 0 Å². The molecule has 0 aromatic carbocycles. The monoisotopic (exact) mass is 214 g/mol. The van der Waals surface area contributed by atoms with Crippen molar-refractivity contribution in [1.29, 1.82) is 0 Å². The van der Waals surface area contributed by atoms with Crippen molar-refractivity contribution >= 4 is 0 Å². The molecule has 1 fully saturated rings. The molecule has 3 heteroatoms. The van der Waals surface area contributed by atoms with E-state index in [1.807, 2.05) is 0 Å². The van der Waals surface area contributed by atoms with Crippen molar-refractivity contribution in [2.24, 2.45) is 10.8 Å². The zero-order chi connectivity index (χ0) is 12.1. The molecule has 15 heavy (non-hydrogen) atoms. The number of hydrogen-bond acceptors (Lipinski definition) is 2. The van der Waals surface area contributed by atoms with E-state index >= 15 is 0 Å². The lowest BCUT2D eigenvalue weighted by Crippen LogP contribution is -2.67. The molecule has 1 heterocycles. The minimum atomic E-state index is 0.0712. The van der Waals surface area contributed by atoms with Crippen molar-refractivity contribution in [2.75, 3.05) is 34.2 Å². The molecule has 0 amide bonds. The summed E-state index contributed by atoms with van der Waals surface area (Å²) in [4.78, 5) is 0. The van der Waals surface area contributed by atoms with Gasteiger partial charge in [0.25, 0.3) is 0 Å². The van der Waals surface area contributed by atoms with Crippen LogP contribution in [0.4, 0.5) is 0 Å². The number of hydrogen-bond donors (Lipinski definition) is 0. The first-order chi connectivity index (χ1) is 6.47. The Hall–Kier alpha value is -0.120. The van der Waals surface area contributed by atoms with Crippen LogP contribution in [0.15, 0.2) is 0 Å². The summed E-state index contributed by atoms with van der Waals surface area (Å²) in [5.41, 5.74) is 0.142. The maximum absolute atomic E-state index is 11.7. The topological polar surface area (TPSA) is 26.3 Å². The summed E-state index contributed by atoms with van der Waals surface area (Å²) >= 11 is 0. The Morgan fingerprint density at radius 2 is 1.33 bits per heavy atom. The lowest BCUT2D eigenvalue weighted by Gasteiger charge is -2.59. The quantitative estimate of drug-likeness (QED) is 0.623. The van der Waals surface area contributed by atoms with Crippen LogP contribution < -0.4 is 0 Å². The molecule has 0 unspecified atom stereocenters. The largest absolute Gasteiger partial charge is 0.785 e. The van der Waals surface area contributed by atoms with Crippen molar-refractivity contribution in [1.82, 2.24) is 5.06 Å². The van der Waals surface area contributed by atoms with Crippen molar-refractivity contribution < 1.29 is 4.48 Å². The standard InChI is InChI=1S/C12H26N2O/c1-11(2)8-13(15)9-12(3,4)10(11)14(5,6)7/h10H,8-9H2,1-7H3. The second-order valence-corrected chi connectivity index (χ2v) is 7.29. The third-order valence-corrected chi connectivity index (χ3v) is 3.42. The molecule has 1 aliphatic rings. The first-order valence-electron chi connectivity index (χ1n) is 5.70. The molecule has 0 bridgehead atoms. The van der Waals surface area contributed by atoms with Crippen molar-refractivity contribution in [3.05, 3.63) is 5.21 Å². The highest BCUT2D eigenvalue weighted by Crippen LogP contribution is 2.44. The summed E-state index contributed by atoms with van der Waals surface area (Å²) in [7, 11) is 6.69. The van der Waals surface area contributed by atoms with Gasteiger partial charge in [-0.05, 0) is 13.1 Å². The molecule has 0 spiro atoms. The van der Waals surface area contributed by atoms with Gasteiger partial charge < -0.3 is 14.8 Å². The molecule has 0 aromatic rings. The Morgan fingerprint density at radius 3 is 1.60 bits per heavy atom. The maximum atomic E-state index is 11.7. The van der Waals surface area contributed by atoms with Crippen molar-refractivity contribution in [3.8, 4) is 0 Å². The summed E-state index contributed by atoms with van der Waals surface area (Å²) < 4.78 is 0.924. The van der Waals surface area contributed by atoms with Gasteiger partial charge >= 0.3 is 0 Å². The number of piperidine rings is 1. The number of nitrogens with zero attached hydrogens (tertiary/aromatic N) is 2. The molecule has 3 nitrogen and oxygen atoms in total. The first-order valence-corrected chi connectivity index (χ1v) is 5.70. The highest BCUT2D eigenvalue weighted by atomic mass is 16.5. The summed E-state index contributed by atoms with van der Waals surface area (Å²) in [6.07, 6.45) is 0. The predicted molar refractivity (Wildman–Crippen MR) is 64.3 cm³/mol. The summed E-state index contributed by atoms with van der Waals surface area (Å²) in [6.45, 7) is 10.2. The third-order valence-electron chi connectivity index (χ3n) is 3.42. The van der Waals surface area contributed by atoms with Gasteiger partial charge in [0.1, 0.15) is 6.04 Å². The summed E-state index contributed by atoms with van der Waals surface area (Å²) in [5, 5.41) is 12.9. The van der Waals surface area contributed by atoms with Crippen molar-refractivity contribution in [3.63, 3.8) is 0 Å². The number of hydroxylamine groups is 2. The third kappa shape index (κ3) is 2.52. The van der Waals surface area contributed by atoms with Crippen LogP contribution in [0.25, 0.3) is 0 Å². The first kappa shape index (κ1) is 12.9. The van der Waals surface area contributed by atoms with Gasteiger partial charge in [-0.1, -0.05) is 27.7 Å². The summed E-state index contributed by atoms with van der Waals surface area (Å²) in [6, 6.07) is 0.509. The fourth-order valence-electron chi connectivity index (χ4n) is 4.29. The lowest BCUT2D eigenvalue weighted by atomic mass is 9.65. The second kappa shape index (κ2) is 3.44. The van der Waals surface area contributed by atoms with Crippen LogP contribution in [0.3, 0.4) is 0 Å². The molecule has 1 saturated heterocycles. The molecule has 0 aromatic heterocycles. The van der Waals surface area contributed by atoms with Gasteiger partial charge in [0, 0.05) is 10.8 Å². The van der Waals surface area contributed by atoms with E-state index in [0.717, 1.165) is 4.48 Å². The number of quaternary nitrogens is 1. The van der Waals surface area contributed by atoms with Gasteiger partial charge in [0.15, 0.2) is 0 Å². The van der Waals surface area contributed by atoms with Gasteiger partial charge in [-0.15, -0.1) is 0 Å². The zero-order valence-corrected chi connectivity index (χ0v) is 11.3. The maximum Gasteiger partial charge on any atom is 0.101 e. The van der Waals surface area contributed by atoms with Crippen LogP contribution in [-0.2, 0) is 0 Å². The average Bonchev–Trinajstić information content (AvgIpc) is 1.71. The van der Waals surface area contributed by atoms with Crippen LogP contribution in [0.1, 0.15) is 27.7 Å². The molecular weight excluding hydrogens is 188 g/mol. The van der Waals surface area contributed by atoms with Gasteiger partial charge in [-0.2, -0.15) is 0 Å². The second-order valence-electron chi connectivity index (χ2n) is 7.29. The molecule has 0 radical (unpaired) electrons. The minimum Gasteiger partial charge on any atom is -0.785 e. The normalized spacial score (nSPS) is 28.0. The Kier molecular flexibility index (Phi) is 2.97. The van der Waals surface area contributed by atoms with E-state index in [1.165, 1.54) is 5.06 Å². The van der Waals surface area contributed by atoms with Crippen molar-refractivity contribution in [2.45, 2.75) is 33.7 Å². The smallest absolute Gasteiger partial charge is 0.101 e. The van der Waals surface area contributed by atoms with Gasteiger partial charge in [0.05, 0.1) is 21.1 Å². The van der Waals surface area contributed by atoms with Crippen LogP contribution in [0.5, 0.6) is 0 Å². The molecule has 0 saturated carbocycles. The van der Waals surface area contributed by atoms with E-state index in [0.29, 0.717) is 19.1 Å². The van der Waals surface area contributed by atoms with E-state index in [-0.39, 0.29) is 10.8 Å². The van der Waals surface area contributed by atoms with Crippen LogP contribution in [0, 0.1) is 16.0 Å². The molecule has 0 atom stereocenters. The molecule has 0 N–H and O–H groups in total. The summed E-state index contributed by atoms with van der Waals surface area (Å²) in [5.74, 6) is 0. The highest BCUT2D eigenvalue weighted by Gasteiger charge is 2.52. The molecular formula is C12H26N2O. The zero-order valence-electron chi connectivity index (χ0n) is 11.3. The Balaban J connectivity index is 3.09. The molecule has 90 valence electrons. The fourth-order valence-corrected chi connectivity index (χ4v) is 4.29. The Labute approximate surface area is 94.2 Å². The van der Waals surface area contributed by atoms with E-state index in [4.69, 9.17) is 0 Å². The van der Waals surface area contributed by atoms with Crippen LogP contribution in [0.2, 0.25) is 0 Å². The number of rotatable bonds is 1. The Morgan fingerprint density at radius 1 is 1.00 bits per heavy atom. The van der Waals surface area contributed by atoms with Gasteiger partial charge in [-0.3, -0.25) is 0 Å². The average molecular weight is 214 g/mol. The molecule has 1 rings (SSSR count). The van der Waals surface area contributed by atoms with Crippen LogP contribution in [-0.4, -0.2) is 49.8 Å².